The van der Waals surface area contributed by atoms with Gasteiger partial charge in [0, 0.05) is 23.9 Å². The summed E-state index contributed by atoms with van der Waals surface area (Å²) in [6, 6.07) is 0. The van der Waals surface area contributed by atoms with Crippen LogP contribution in [0.25, 0.3) is 0 Å². The highest BCUT2D eigenvalue weighted by molar-refractivity contribution is 6.31. The Bertz CT molecular complexity index is 1120. The van der Waals surface area contributed by atoms with E-state index in [2.05, 4.69) is 10.6 Å². The Balaban J connectivity index is 1.82. The van der Waals surface area contributed by atoms with Crippen molar-refractivity contribution in [1.29, 1.82) is 0 Å². The van der Waals surface area contributed by atoms with E-state index in [9.17, 15) is 24.6 Å². The lowest BCUT2D eigenvalue weighted by atomic mass is 9.70. The van der Waals surface area contributed by atoms with Gasteiger partial charge in [-0.3, -0.25) is 14.4 Å². The van der Waals surface area contributed by atoms with Gasteiger partial charge in [-0.05, 0) is 73.0 Å². The van der Waals surface area contributed by atoms with E-state index >= 15 is 0 Å². The first kappa shape index (κ1) is 26.4. The Morgan fingerprint density at radius 2 is 1.69 bits per heavy atom. The molecule has 1 aromatic carbocycles. The van der Waals surface area contributed by atoms with Crippen molar-refractivity contribution in [3.63, 3.8) is 0 Å². The Morgan fingerprint density at radius 3 is 2.31 bits per heavy atom. The Labute approximate surface area is 205 Å². The number of rotatable bonds is 11. The number of hydrogen-bond donors (Lipinski definition) is 5. The summed E-state index contributed by atoms with van der Waals surface area (Å²) in [5.74, 6) is -2.31. The summed E-state index contributed by atoms with van der Waals surface area (Å²) >= 11 is 0. The number of phenols is 2. The van der Waals surface area contributed by atoms with Crippen molar-refractivity contribution in [1.82, 2.24) is 10.6 Å². The number of ether oxygens (including phenoxy) is 1. The fourth-order valence-electron chi connectivity index (χ4n) is 4.62. The largest absolute Gasteiger partial charge is 0.507 e. The number of phenolic OH excluding ortho intramolecular Hbond substituents is 2. The molecule has 9 heteroatoms. The molecule has 0 amide bonds. The first-order valence-electron chi connectivity index (χ1n) is 12.0. The van der Waals surface area contributed by atoms with Crippen LogP contribution in [0.4, 0.5) is 0 Å². The molecule has 1 aromatic rings. The van der Waals surface area contributed by atoms with Gasteiger partial charge in [-0.15, -0.1) is 0 Å². The summed E-state index contributed by atoms with van der Waals surface area (Å²) in [6.45, 7) is 9.05. The fraction of sp³-hybridized carbons (Fsp3) is 0.500. The van der Waals surface area contributed by atoms with E-state index in [1.54, 1.807) is 13.8 Å². The number of benzene rings is 1. The van der Waals surface area contributed by atoms with E-state index in [4.69, 9.17) is 10.5 Å². The maximum Gasteiger partial charge on any atom is 0.194 e. The average molecular weight is 486 g/mol. The van der Waals surface area contributed by atoms with Gasteiger partial charge in [-0.2, -0.15) is 0 Å². The summed E-state index contributed by atoms with van der Waals surface area (Å²) in [7, 11) is 0. The van der Waals surface area contributed by atoms with E-state index in [-0.39, 0.29) is 39.5 Å². The zero-order chi connectivity index (χ0) is 25.9. The summed E-state index contributed by atoms with van der Waals surface area (Å²) in [5, 5.41) is 27.8. The molecule has 35 heavy (non-hydrogen) atoms. The monoisotopic (exact) mass is 485 g/mol. The van der Waals surface area contributed by atoms with Gasteiger partial charge in [0.05, 0.1) is 11.1 Å². The predicted octanol–water partition coefficient (Wildman–Crippen LogP) is 2.27. The molecular formula is C26H35N3O6. The van der Waals surface area contributed by atoms with Crippen molar-refractivity contribution in [3.05, 3.63) is 39.8 Å². The van der Waals surface area contributed by atoms with Gasteiger partial charge < -0.3 is 31.3 Å². The van der Waals surface area contributed by atoms with E-state index in [0.717, 1.165) is 38.8 Å². The van der Waals surface area contributed by atoms with Gasteiger partial charge >= 0.3 is 0 Å². The van der Waals surface area contributed by atoms with Crippen LogP contribution in [0.15, 0.2) is 23.1 Å². The molecule has 1 heterocycles. The average Bonchev–Trinajstić information content (AvgIpc) is 3.09. The maximum absolute atomic E-state index is 13.7. The Hall–Kier alpha value is -3.17. The molecule has 1 atom stereocenters. The Morgan fingerprint density at radius 1 is 1.06 bits per heavy atom. The molecule has 0 saturated heterocycles. The van der Waals surface area contributed by atoms with Crippen LogP contribution in [0.3, 0.4) is 0 Å². The molecular weight excluding hydrogens is 450 g/mol. The van der Waals surface area contributed by atoms with Crippen LogP contribution in [0, 0.1) is 6.92 Å². The highest BCUT2D eigenvalue weighted by atomic mass is 16.5. The molecule has 0 fully saturated rings. The number of allylic oxidation sites excluding steroid dienone is 4. The van der Waals surface area contributed by atoms with Gasteiger partial charge in [0.1, 0.15) is 34.0 Å². The number of hydrogen-bond acceptors (Lipinski definition) is 9. The highest BCUT2D eigenvalue weighted by Crippen LogP contribution is 2.57. The Kier molecular flexibility index (Phi) is 8.02. The third-order valence-electron chi connectivity index (χ3n) is 6.74. The topological polar surface area (TPSA) is 151 Å². The number of unbranched alkanes of at least 4 members (excludes halogenated alkanes) is 2. The van der Waals surface area contributed by atoms with Crippen molar-refractivity contribution in [2.45, 2.75) is 58.8 Å². The molecule has 9 nitrogen and oxygen atoms in total. The quantitative estimate of drug-likeness (QED) is 0.138. The summed E-state index contributed by atoms with van der Waals surface area (Å²) < 4.78 is 5.77. The minimum Gasteiger partial charge on any atom is -0.507 e. The molecule has 0 unspecified atom stereocenters. The third kappa shape index (κ3) is 4.70. The number of carbonyl (C=O) groups is 3. The van der Waals surface area contributed by atoms with Crippen molar-refractivity contribution < 1.29 is 29.3 Å². The predicted molar refractivity (Wildman–Crippen MR) is 132 cm³/mol. The maximum atomic E-state index is 13.7. The van der Waals surface area contributed by atoms with Gasteiger partial charge in [0.2, 0.25) is 0 Å². The minimum absolute atomic E-state index is 0.0119. The molecule has 0 radical (unpaired) electrons. The zero-order valence-electron chi connectivity index (χ0n) is 20.8. The molecule has 0 bridgehead atoms. The highest BCUT2D eigenvalue weighted by Gasteiger charge is 2.56. The second kappa shape index (κ2) is 10.6. The van der Waals surface area contributed by atoms with Gasteiger partial charge in [0.25, 0.3) is 0 Å². The summed E-state index contributed by atoms with van der Waals surface area (Å²) in [5.41, 5.74) is 4.46. The molecule has 0 saturated carbocycles. The van der Waals surface area contributed by atoms with E-state index < -0.39 is 28.5 Å². The normalized spacial score (nSPS) is 20.2. The number of ketones is 3. The SMILES string of the molecule is CC(=O)c1c(O)c(C)c(O)c2c1OC1=CC(=O)/C(=C(/C)NCCCCNCCCCN)C(=O)[C@@]12C. The van der Waals surface area contributed by atoms with E-state index in [0.29, 0.717) is 18.8 Å². The lowest BCUT2D eigenvalue weighted by molar-refractivity contribution is -0.123. The molecule has 190 valence electrons. The molecule has 0 aromatic heterocycles. The third-order valence-corrected chi connectivity index (χ3v) is 6.74. The summed E-state index contributed by atoms with van der Waals surface area (Å²) in [6.07, 6.45) is 5.06. The van der Waals surface area contributed by atoms with Gasteiger partial charge in [-0.25, -0.2) is 0 Å². The van der Waals surface area contributed by atoms with Crippen LogP contribution in [0.2, 0.25) is 0 Å². The molecule has 1 aliphatic heterocycles. The number of aromatic hydroxyl groups is 2. The summed E-state index contributed by atoms with van der Waals surface area (Å²) in [4.78, 5) is 38.9. The molecule has 3 rings (SSSR count). The van der Waals surface area contributed by atoms with Crippen molar-refractivity contribution >= 4 is 17.3 Å². The number of nitrogens with one attached hydrogen (secondary N) is 2. The zero-order valence-corrected chi connectivity index (χ0v) is 20.8. The number of Topliss-reactive ketones (excluding diaryl/α,β-unsaturated/α-hetero) is 2. The standard InChI is InChI=1S/C26H35N3O6/c1-14-22(32)20(16(3)30)24-21(23(14)33)26(4)18(35-24)13-17(31)19(25(26)34)15(2)29-12-8-7-11-28-10-6-5-9-27/h13,28-29,32-33H,5-12,27H2,1-4H3/b19-15+/t26-/m0/s1. The van der Waals surface area contributed by atoms with Crippen LogP contribution in [-0.2, 0) is 15.0 Å². The minimum atomic E-state index is -1.50. The second-order valence-electron chi connectivity index (χ2n) is 9.27. The number of fused-ring (bicyclic) bond motifs is 3. The second-order valence-corrected chi connectivity index (χ2v) is 9.27. The van der Waals surface area contributed by atoms with Crippen molar-refractivity contribution in [3.8, 4) is 17.2 Å². The first-order valence-corrected chi connectivity index (χ1v) is 12.0. The fourth-order valence-corrected chi connectivity index (χ4v) is 4.62. The van der Waals surface area contributed by atoms with E-state index in [1.807, 2.05) is 0 Å². The lowest BCUT2D eigenvalue weighted by Crippen LogP contribution is -2.41. The lowest BCUT2D eigenvalue weighted by Gasteiger charge is -2.29. The first-order chi connectivity index (χ1) is 16.6. The smallest absolute Gasteiger partial charge is 0.194 e. The van der Waals surface area contributed by atoms with Gasteiger partial charge in [-0.1, -0.05) is 0 Å². The van der Waals surface area contributed by atoms with Crippen molar-refractivity contribution in [2.24, 2.45) is 5.73 Å². The van der Waals surface area contributed by atoms with Crippen LogP contribution < -0.4 is 21.1 Å². The number of nitrogens with two attached hydrogens (primary N) is 1. The van der Waals surface area contributed by atoms with Gasteiger partial charge in [0.15, 0.2) is 17.3 Å². The van der Waals surface area contributed by atoms with Crippen molar-refractivity contribution in [2.75, 3.05) is 26.2 Å². The molecule has 0 spiro atoms. The van der Waals surface area contributed by atoms with E-state index in [1.165, 1.54) is 19.9 Å². The van der Waals surface area contributed by atoms with Crippen LogP contribution in [0.5, 0.6) is 17.2 Å². The molecule has 1 aliphatic carbocycles. The number of carbonyl (C=O) groups excluding carboxylic acids is 3. The molecule has 2 aliphatic rings. The van der Waals surface area contributed by atoms with Crippen LogP contribution in [-0.4, -0.2) is 53.7 Å². The van der Waals surface area contributed by atoms with Crippen LogP contribution >= 0.6 is 0 Å². The van der Waals surface area contributed by atoms with Crippen LogP contribution in [0.1, 0.15) is 67.9 Å². The molecule has 6 N–H and O–H groups in total.